The van der Waals surface area contributed by atoms with Crippen molar-refractivity contribution in [2.24, 2.45) is 0 Å². The fourth-order valence-corrected chi connectivity index (χ4v) is 3.51. The van der Waals surface area contributed by atoms with Gasteiger partial charge in [0.1, 0.15) is 0 Å². The van der Waals surface area contributed by atoms with Crippen molar-refractivity contribution >= 4 is 24.8 Å². The van der Waals surface area contributed by atoms with Gasteiger partial charge < -0.3 is 5.32 Å². The summed E-state index contributed by atoms with van der Waals surface area (Å²) in [6, 6.07) is 0. The molecule has 4 heteroatoms. The number of nitrogens with zero attached hydrogens (tertiary/aromatic N) is 1. The Morgan fingerprint density at radius 3 is 1.94 bits per heavy atom. The van der Waals surface area contributed by atoms with Crippen LogP contribution in [0, 0.1) is 0 Å². The fraction of sp³-hybridized carbons (Fsp3) is 1.00. The molecule has 1 saturated carbocycles. The van der Waals surface area contributed by atoms with Gasteiger partial charge in [0.2, 0.25) is 0 Å². The molecule has 0 atom stereocenters. The summed E-state index contributed by atoms with van der Waals surface area (Å²) in [5.41, 5.74) is 0.521. The highest BCUT2D eigenvalue weighted by atomic mass is 35.5. The molecule has 1 heterocycles. The van der Waals surface area contributed by atoms with E-state index in [0.29, 0.717) is 5.54 Å². The van der Waals surface area contributed by atoms with Gasteiger partial charge in [-0.3, -0.25) is 4.90 Å². The fourth-order valence-electron chi connectivity index (χ4n) is 3.51. The van der Waals surface area contributed by atoms with E-state index in [4.69, 9.17) is 0 Å². The number of likely N-dealkylation sites (N-methyl/N-ethyl adjacent to an activating group) is 1. The molecule has 0 radical (unpaired) electrons. The second kappa shape index (κ2) is 8.58. The third-order valence-corrected chi connectivity index (χ3v) is 4.32. The molecule has 2 nitrogen and oxygen atoms in total. The third kappa shape index (κ3) is 4.27. The molecule has 17 heavy (non-hydrogen) atoms. The third-order valence-electron chi connectivity index (χ3n) is 4.32. The maximum Gasteiger partial charge on any atom is 0.0333 e. The smallest absolute Gasteiger partial charge is 0.0333 e. The van der Waals surface area contributed by atoms with Crippen LogP contribution in [-0.2, 0) is 0 Å². The van der Waals surface area contributed by atoms with Gasteiger partial charge in [0.05, 0.1) is 0 Å². The molecule has 0 bridgehead atoms. The van der Waals surface area contributed by atoms with Crippen LogP contribution in [0.4, 0.5) is 0 Å². The van der Waals surface area contributed by atoms with Crippen LogP contribution in [0.25, 0.3) is 0 Å². The van der Waals surface area contributed by atoms with Crippen molar-refractivity contribution in [2.75, 3.05) is 26.7 Å². The van der Waals surface area contributed by atoms with Gasteiger partial charge in [-0.1, -0.05) is 25.7 Å². The molecule has 2 rings (SSSR count). The molecule has 0 amide bonds. The Hall–Kier alpha value is 0.500. The van der Waals surface area contributed by atoms with Crippen molar-refractivity contribution in [1.82, 2.24) is 10.2 Å². The largest absolute Gasteiger partial charge is 0.318 e. The summed E-state index contributed by atoms with van der Waals surface area (Å²) in [6.07, 6.45) is 11.5. The minimum atomic E-state index is 0. The molecule has 1 saturated heterocycles. The summed E-state index contributed by atoms with van der Waals surface area (Å²) in [7, 11) is 2.11. The quantitative estimate of drug-likeness (QED) is 0.855. The number of likely N-dealkylation sites (tertiary alicyclic amines) is 1. The number of nitrogens with one attached hydrogen (secondary N) is 1. The van der Waals surface area contributed by atoms with Crippen LogP contribution in [0.15, 0.2) is 0 Å². The molecule has 1 N–H and O–H groups in total. The molecule has 104 valence electrons. The molecule has 0 aromatic rings. The van der Waals surface area contributed by atoms with Crippen LogP contribution in [-0.4, -0.2) is 37.1 Å². The summed E-state index contributed by atoms with van der Waals surface area (Å²) in [4.78, 5) is 2.80. The van der Waals surface area contributed by atoms with Crippen LogP contribution in [0.2, 0.25) is 0 Å². The summed E-state index contributed by atoms with van der Waals surface area (Å²) in [5, 5.41) is 3.43. The Morgan fingerprint density at radius 1 is 0.882 bits per heavy atom. The van der Waals surface area contributed by atoms with Gasteiger partial charge in [0.15, 0.2) is 0 Å². The molecule has 2 fully saturated rings. The molecule has 2 aliphatic rings. The lowest BCUT2D eigenvalue weighted by atomic mass is 9.79. The van der Waals surface area contributed by atoms with E-state index in [0.717, 1.165) is 0 Å². The Bertz CT molecular complexity index is 182. The van der Waals surface area contributed by atoms with Gasteiger partial charge in [-0.25, -0.2) is 0 Å². The van der Waals surface area contributed by atoms with Gasteiger partial charge in [0.25, 0.3) is 0 Å². The maximum atomic E-state index is 3.43. The maximum absolute atomic E-state index is 3.43. The van der Waals surface area contributed by atoms with Crippen LogP contribution in [0.3, 0.4) is 0 Å². The molecule has 0 spiro atoms. The zero-order valence-corrected chi connectivity index (χ0v) is 12.7. The zero-order chi connectivity index (χ0) is 10.6. The molecular formula is C13H28Cl2N2. The normalized spacial score (nSPS) is 24.5. The predicted octanol–water partition coefficient (Wildman–Crippen LogP) is 3.24. The minimum Gasteiger partial charge on any atom is -0.318 e. The van der Waals surface area contributed by atoms with Gasteiger partial charge in [0, 0.05) is 12.1 Å². The van der Waals surface area contributed by atoms with E-state index in [-0.39, 0.29) is 24.8 Å². The first-order chi connectivity index (χ1) is 7.37. The average molecular weight is 283 g/mol. The summed E-state index contributed by atoms with van der Waals surface area (Å²) in [5.74, 6) is 0. The Morgan fingerprint density at radius 2 is 1.41 bits per heavy atom. The van der Waals surface area contributed by atoms with E-state index < -0.39 is 0 Å². The molecule has 1 aliphatic heterocycles. The lowest BCUT2D eigenvalue weighted by molar-refractivity contribution is 0.0350. The minimum absolute atomic E-state index is 0. The highest BCUT2D eigenvalue weighted by Crippen LogP contribution is 2.34. The average Bonchev–Trinajstić information content (AvgIpc) is 2.32. The zero-order valence-electron chi connectivity index (χ0n) is 11.0. The molecule has 0 aromatic carbocycles. The van der Waals surface area contributed by atoms with Crippen molar-refractivity contribution in [3.8, 4) is 0 Å². The van der Waals surface area contributed by atoms with Gasteiger partial charge in [-0.2, -0.15) is 0 Å². The Kier molecular flexibility index (Phi) is 8.83. The SMILES string of the molecule is CNCC1(N2CCCCC2)CCCCC1.Cl.Cl. The Balaban J connectivity index is 0.00000128. The van der Waals surface area contributed by atoms with Crippen molar-refractivity contribution in [3.05, 3.63) is 0 Å². The topological polar surface area (TPSA) is 15.3 Å². The van der Waals surface area contributed by atoms with Crippen molar-refractivity contribution in [1.29, 1.82) is 0 Å². The number of hydrogen-bond acceptors (Lipinski definition) is 2. The van der Waals surface area contributed by atoms with E-state index >= 15 is 0 Å². The highest BCUT2D eigenvalue weighted by molar-refractivity contribution is 5.85. The second-order valence-corrected chi connectivity index (χ2v) is 5.36. The van der Waals surface area contributed by atoms with E-state index in [2.05, 4.69) is 17.3 Å². The molecule has 0 aromatic heterocycles. The van der Waals surface area contributed by atoms with Crippen LogP contribution >= 0.6 is 24.8 Å². The van der Waals surface area contributed by atoms with Crippen molar-refractivity contribution in [2.45, 2.75) is 56.9 Å². The van der Waals surface area contributed by atoms with E-state index in [1.54, 1.807) is 0 Å². The summed E-state index contributed by atoms with van der Waals surface area (Å²) in [6.45, 7) is 3.90. The predicted molar refractivity (Wildman–Crippen MR) is 79.7 cm³/mol. The van der Waals surface area contributed by atoms with Gasteiger partial charge in [-0.05, 0) is 45.8 Å². The first-order valence-corrected chi connectivity index (χ1v) is 6.77. The molecular weight excluding hydrogens is 255 g/mol. The lowest BCUT2D eigenvalue weighted by Crippen LogP contribution is -2.57. The number of halogens is 2. The first-order valence-electron chi connectivity index (χ1n) is 6.77. The van der Waals surface area contributed by atoms with Gasteiger partial charge >= 0.3 is 0 Å². The molecule has 0 unspecified atom stereocenters. The monoisotopic (exact) mass is 282 g/mol. The van der Waals surface area contributed by atoms with Crippen LogP contribution in [0.1, 0.15) is 51.4 Å². The van der Waals surface area contributed by atoms with Crippen LogP contribution < -0.4 is 5.32 Å². The molecule has 1 aliphatic carbocycles. The lowest BCUT2D eigenvalue weighted by Gasteiger charge is -2.48. The number of piperidine rings is 1. The highest BCUT2D eigenvalue weighted by Gasteiger charge is 2.37. The van der Waals surface area contributed by atoms with E-state index in [1.165, 1.54) is 71.0 Å². The number of hydrogen-bond donors (Lipinski definition) is 1. The number of rotatable bonds is 3. The van der Waals surface area contributed by atoms with Crippen molar-refractivity contribution < 1.29 is 0 Å². The first kappa shape index (κ1) is 17.5. The second-order valence-electron chi connectivity index (χ2n) is 5.36. The van der Waals surface area contributed by atoms with Crippen molar-refractivity contribution in [3.63, 3.8) is 0 Å². The van der Waals surface area contributed by atoms with E-state index in [1.807, 2.05) is 0 Å². The van der Waals surface area contributed by atoms with Crippen LogP contribution in [0.5, 0.6) is 0 Å². The van der Waals surface area contributed by atoms with E-state index in [9.17, 15) is 0 Å². The summed E-state index contributed by atoms with van der Waals surface area (Å²) < 4.78 is 0. The summed E-state index contributed by atoms with van der Waals surface area (Å²) >= 11 is 0. The Labute approximate surface area is 119 Å². The standard InChI is InChI=1S/C13H26N2.2ClH/c1-14-12-13(8-4-2-5-9-13)15-10-6-3-7-11-15;;/h14H,2-12H2,1H3;2*1H. The van der Waals surface area contributed by atoms with Gasteiger partial charge in [-0.15, -0.1) is 24.8 Å².